The molecule has 1 N–H and O–H groups in total. The molecule has 3 rings (SSSR count). The minimum atomic E-state index is -0.564. The number of ketones is 2. The lowest BCUT2D eigenvalue weighted by molar-refractivity contribution is -0.129. The van der Waals surface area contributed by atoms with Crippen molar-refractivity contribution in [3.05, 3.63) is 76.8 Å². The van der Waals surface area contributed by atoms with Gasteiger partial charge in [0.15, 0.2) is 5.78 Å². The number of allylic oxidation sites excluding steroid dienone is 1. The van der Waals surface area contributed by atoms with Gasteiger partial charge in [-0.2, -0.15) is 5.26 Å². The van der Waals surface area contributed by atoms with Crippen molar-refractivity contribution < 1.29 is 14.4 Å². The number of rotatable bonds is 13. The van der Waals surface area contributed by atoms with Crippen molar-refractivity contribution >= 4 is 39.0 Å². The maximum atomic E-state index is 13.4. The van der Waals surface area contributed by atoms with Crippen LogP contribution in [0.15, 0.2) is 60.7 Å². The van der Waals surface area contributed by atoms with Crippen LogP contribution in [0.4, 0.5) is 0 Å². The Kier molecular flexibility index (Phi) is 9.87. The lowest BCUT2D eigenvalue weighted by Crippen LogP contribution is -2.41. The second-order valence-electron chi connectivity index (χ2n) is 9.74. The first kappa shape index (κ1) is 27.9. The topological polar surface area (TPSA) is 99.9 Å². The summed E-state index contributed by atoms with van der Waals surface area (Å²) in [4.78, 5) is 42.4. The fourth-order valence-corrected chi connectivity index (χ4v) is 5.31. The van der Waals surface area contributed by atoms with E-state index in [1.54, 1.807) is 17.4 Å². The second-order valence-corrected chi connectivity index (χ2v) is 10.9. The van der Waals surface area contributed by atoms with E-state index in [1.165, 1.54) is 12.5 Å². The largest absolute Gasteiger partial charge is 0.353 e. The number of hydrogen-bond acceptors (Lipinski definition) is 6. The zero-order valence-electron chi connectivity index (χ0n) is 21.6. The fourth-order valence-electron chi connectivity index (χ4n) is 4.21. The van der Waals surface area contributed by atoms with Crippen molar-refractivity contribution in [3.8, 4) is 6.07 Å². The first-order chi connectivity index (χ1) is 17.7. The minimum Gasteiger partial charge on any atom is -0.353 e. The summed E-state index contributed by atoms with van der Waals surface area (Å²) in [6, 6.07) is 17.4. The molecule has 1 heterocycles. The van der Waals surface area contributed by atoms with Crippen LogP contribution in [0.1, 0.15) is 62.1 Å². The third kappa shape index (κ3) is 8.19. The van der Waals surface area contributed by atoms with Gasteiger partial charge in [-0.1, -0.05) is 56.8 Å². The third-order valence-electron chi connectivity index (χ3n) is 6.31. The molecule has 0 fully saturated rings. The molecule has 0 bridgehead atoms. The molecule has 6 nitrogen and oxygen atoms in total. The maximum Gasteiger partial charge on any atom is 0.224 e. The highest BCUT2D eigenvalue weighted by molar-refractivity contribution is 7.18. The van der Waals surface area contributed by atoms with E-state index in [0.717, 1.165) is 20.8 Å². The monoisotopic (exact) mass is 515 g/mol. The Morgan fingerprint density at radius 1 is 1.11 bits per heavy atom. The molecule has 3 aromatic rings. The summed E-state index contributed by atoms with van der Waals surface area (Å²) >= 11 is 1.56. The van der Waals surface area contributed by atoms with Crippen molar-refractivity contribution in [2.24, 2.45) is 5.92 Å². The lowest BCUT2D eigenvalue weighted by Gasteiger charge is -2.22. The molecule has 0 aliphatic rings. The predicted octanol–water partition coefficient (Wildman–Crippen LogP) is 5.71. The fraction of sp³-hybridized carbons (Fsp3) is 0.367. The molecular weight excluding hydrogens is 482 g/mol. The molecule has 0 saturated heterocycles. The van der Waals surface area contributed by atoms with Gasteiger partial charge in [-0.05, 0) is 48.9 Å². The molecule has 37 heavy (non-hydrogen) atoms. The molecule has 0 radical (unpaired) electrons. The van der Waals surface area contributed by atoms with Gasteiger partial charge in [-0.3, -0.25) is 9.59 Å². The van der Waals surface area contributed by atoms with E-state index in [-0.39, 0.29) is 41.9 Å². The number of nitrogens with zero attached hydrogens (tertiary/aromatic N) is 2. The number of aromatic nitrogens is 1. The molecule has 1 amide bonds. The Hall–Kier alpha value is -3.63. The van der Waals surface area contributed by atoms with Gasteiger partial charge < -0.3 is 10.1 Å². The molecular formula is C30H33N3O3S. The molecule has 1 aromatic heterocycles. The Morgan fingerprint density at radius 3 is 2.49 bits per heavy atom. The number of fused-ring (bicyclic) bond motifs is 1. The number of nitriles is 1. The Bertz CT molecular complexity index is 1320. The number of thiazole rings is 1. The van der Waals surface area contributed by atoms with E-state index in [0.29, 0.717) is 25.2 Å². The van der Waals surface area contributed by atoms with Gasteiger partial charge in [0.05, 0.1) is 26.7 Å². The Balaban J connectivity index is 1.78. The highest BCUT2D eigenvalue weighted by Gasteiger charge is 2.25. The summed E-state index contributed by atoms with van der Waals surface area (Å²) in [5, 5.41) is 12.9. The van der Waals surface area contributed by atoms with Crippen LogP contribution in [0.25, 0.3) is 10.2 Å². The third-order valence-corrected chi connectivity index (χ3v) is 7.35. The number of carbonyl (C=O) groups is 3. The molecule has 0 aliphatic heterocycles. The highest BCUT2D eigenvalue weighted by Crippen LogP contribution is 2.28. The maximum absolute atomic E-state index is 13.4. The van der Waals surface area contributed by atoms with Gasteiger partial charge >= 0.3 is 0 Å². The van der Waals surface area contributed by atoms with Crippen molar-refractivity contribution in [3.63, 3.8) is 0 Å². The van der Waals surface area contributed by atoms with Crippen LogP contribution in [-0.2, 0) is 27.2 Å². The summed E-state index contributed by atoms with van der Waals surface area (Å²) in [7, 11) is 0. The van der Waals surface area contributed by atoms with Gasteiger partial charge in [-0.25, -0.2) is 4.98 Å². The molecule has 7 heteroatoms. The van der Waals surface area contributed by atoms with Crippen LogP contribution in [0.3, 0.4) is 0 Å². The average molecular weight is 516 g/mol. The smallest absolute Gasteiger partial charge is 0.224 e. The summed E-state index contributed by atoms with van der Waals surface area (Å²) in [5.74, 6) is -0.783. The summed E-state index contributed by atoms with van der Waals surface area (Å²) in [5.41, 5.74) is 3.06. The van der Waals surface area contributed by atoms with E-state index in [2.05, 4.69) is 37.9 Å². The first-order valence-electron chi connectivity index (χ1n) is 12.5. The lowest BCUT2D eigenvalue weighted by atomic mass is 9.95. The van der Waals surface area contributed by atoms with Crippen LogP contribution in [-0.4, -0.2) is 28.5 Å². The summed E-state index contributed by atoms with van der Waals surface area (Å²) in [6.45, 7) is 9.27. The number of carbonyl (C=O) groups excluding carboxylic acids is 3. The Labute approximate surface area is 222 Å². The van der Waals surface area contributed by atoms with Crippen molar-refractivity contribution in [1.29, 1.82) is 5.26 Å². The van der Waals surface area contributed by atoms with Crippen molar-refractivity contribution in [2.45, 2.75) is 64.8 Å². The molecule has 192 valence electrons. The molecule has 2 atom stereocenters. The van der Waals surface area contributed by atoms with Crippen LogP contribution in [0.2, 0.25) is 0 Å². The number of Topliss-reactive ketones (excluding diaryl/α,β-unsaturated/α-hetero) is 2. The van der Waals surface area contributed by atoms with Crippen LogP contribution < -0.4 is 5.32 Å². The van der Waals surface area contributed by atoms with Gasteiger partial charge in [-0.15, -0.1) is 11.3 Å². The van der Waals surface area contributed by atoms with Crippen LogP contribution >= 0.6 is 11.3 Å². The Morgan fingerprint density at radius 2 is 1.84 bits per heavy atom. The SMILES string of the molecule is C=C(C#N)C(=O)CC[C@H](Cc1ccccc1)NC(=O)[C@@H](CC(C)=O)Cc1nc2ccc(C(C)C)cc2s1. The van der Waals surface area contributed by atoms with Gasteiger partial charge in [0.1, 0.15) is 11.9 Å². The minimum absolute atomic E-state index is 0.0662. The molecule has 2 aromatic carbocycles. The molecule has 0 unspecified atom stereocenters. The summed E-state index contributed by atoms with van der Waals surface area (Å²) < 4.78 is 1.07. The zero-order valence-corrected chi connectivity index (χ0v) is 22.4. The second kappa shape index (κ2) is 13.1. The number of nitrogens with one attached hydrogen (secondary N) is 1. The number of benzene rings is 2. The van der Waals surface area contributed by atoms with Crippen molar-refractivity contribution in [1.82, 2.24) is 10.3 Å². The number of amides is 1. The van der Waals surface area contributed by atoms with E-state index >= 15 is 0 Å². The molecule has 0 saturated carbocycles. The van der Waals surface area contributed by atoms with Crippen molar-refractivity contribution in [2.75, 3.05) is 0 Å². The summed E-state index contributed by atoms with van der Waals surface area (Å²) in [6.07, 6.45) is 1.49. The molecule has 0 spiro atoms. The van der Waals surface area contributed by atoms with Gasteiger partial charge in [0, 0.05) is 25.3 Å². The molecule has 0 aliphatic carbocycles. The van der Waals surface area contributed by atoms with Gasteiger partial charge in [0.25, 0.3) is 0 Å². The number of hydrogen-bond donors (Lipinski definition) is 1. The van der Waals surface area contributed by atoms with E-state index < -0.39 is 5.92 Å². The van der Waals surface area contributed by atoms with E-state index in [1.807, 2.05) is 36.4 Å². The first-order valence-corrected chi connectivity index (χ1v) is 13.3. The van der Waals surface area contributed by atoms with E-state index in [4.69, 9.17) is 10.2 Å². The standard InChI is InChI=1S/C30H33N3O3S/c1-19(2)23-10-12-26-28(16-23)37-29(33-26)17-24(14-21(4)34)30(36)32-25(11-13-27(35)20(3)18-31)15-22-8-6-5-7-9-22/h5-10,12,16,19,24-25H,3,11,13-15,17H2,1-2,4H3,(H,32,36)/t24-,25+/m0/s1. The highest BCUT2D eigenvalue weighted by atomic mass is 32.1. The van der Waals surface area contributed by atoms with Crippen LogP contribution in [0, 0.1) is 17.2 Å². The normalized spacial score (nSPS) is 12.6. The predicted molar refractivity (Wildman–Crippen MR) is 147 cm³/mol. The van der Waals surface area contributed by atoms with Gasteiger partial charge in [0.2, 0.25) is 5.91 Å². The average Bonchev–Trinajstić information content (AvgIpc) is 3.28. The van der Waals surface area contributed by atoms with E-state index in [9.17, 15) is 14.4 Å². The zero-order chi connectivity index (χ0) is 26.9. The quantitative estimate of drug-likeness (QED) is 0.232. The van der Waals surface area contributed by atoms with Crippen LogP contribution in [0.5, 0.6) is 0 Å².